The number of aromatic nitrogens is 3. The Morgan fingerprint density at radius 3 is 2.62 bits per heavy atom. The Labute approximate surface area is 183 Å². The molecule has 9 nitrogen and oxygen atoms in total. The minimum atomic E-state index is -2.72. The Balaban J connectivity index is 1.26. The molecule has 11 heteroatoms. The zero-order chi connectivity index (χ0) is 22.3. The van der Waals surface area contributed by atoms with Gasteiger partial charge in [0.2, 0.25) is 17.7 Å². The maximum absolute atomic E-state index is 13.3. The molecule has 0 unspecified atom stereocenters. The fourth-order valence-corrected chi connectivity index (χ4v) is 3.62. The highest BCUT2D eigenvalue weighted by atomic mass is 19.3. The lowest BCUT2D eigenvalue weighted by Gasteiger charge is -2.40. The van der Waals surface area contributed by atoms with Crippen molar-refractivity contribution >= 4 is 11.8 Å². The number of amides is 1. The molecule has 0 radical (unpaired) electrons. The zero-order valence-corrected chi connectivity index (χ0v) is 17.7. The topological polar surface area (TPSA) is 103 Å². The monoisotopic (exact) mass is 449 g/mol. The van der Waals surface area contributed by atoms with Crippen LogP contribution < -0.4 is 19.7 Å². The normalized spacial score (nSPS) is 20.4. The van der Waals surface area contributed by atoms with Crippen molar-refractivity contribution in [1.29, 1.82) is 0 Å². The number of nitrogens with zero attached hydrogens (tertiary/aromatic N) is 4. The first-order valence-corrected chi connectivity index (χ1v) is 10.9. The lowest BCUT2D eigenvalue weighted by atomic mass is 10.1. The van der Waals surface area contributed by atoms with E-state index in [4.69, 9.17) is 14.0 Å². The lowest BCUT2D eigenvalue weighted by Crippen LogP contribution is -2.56. The van der Waals surface area contributed by atoms with Crippen molar-refractivity contribution in [3.8, 4) is 11.8 Å². The Morgan fingerprint density at radius 2 is 2.00 bits per heavy atom. The molecule has 0 aromatic carbocycles. The highest BCUT2D eigenvalue weighted by Crippen LogP contribution is 2.39. The quantitative estimate of drug-likeness (QED) is 0.619. The van der Waals surface area contributed by atoms with Crippen molar-refractivity contribution in [2.75, 3.05) is 24.6 Å². The van der Waals surface area contributed by atoms with E-state index in [1.807, 2.05) is 0 Å². The molecule has 0 bridgehead atoms. The molecule has 3 heterocycles. The minimum absolute atomic E-state index is 0.0267. The van der Waals surface area contributed by atoms with E-state index in [1.165, 1.54) is 11.0 Å². The van der Waals surface area contributed by atoms with Gasteiger partial charge in [0.05, 0.1) is 25.7 Å². The molecule has 1 amide bonds. The Morgan fingerprint density at radius 1 is 1.25 bits per heavy atom. The Bertz CT molecular complexity index is 984. The number of ether oxygens (including phenoxy) is 2. The maximum Gasteiger partial charge on any atom is 0.414 e. The van der Waals surface area contributed by atoms with Crippen LogP contribution in [0.25, 0.3) is 0 Å². The molecule has 5 rings (SSSR count). The van der Waals surface area contributed by atoms with Gasteiger partial charge in [-0.2, -0.15) is 9.97 Å². The number of hydrogen-bond acceptors (Lipinski definition) is 8. The van der Waals surface area contributed by atoms with E-state index in [0.717, 1.165) is 25.7 Å². The number of halogens is 2. The summed E-state index contributed by atoms with van der Waals surface area (Å²) < 4.78 is 42.9. The van der Waals surface area contributed by atoms with Gasteiger partial charge in [0.15, 0.2) is 5.82 Å². The van der Waals surface area contributed by atoms with E-state index in [-0.39, 0.29) is 24.8 Å². The summed E-state index contributed by atoms with van der Waals surface area (Å²) in [5, 5.41) is 6.70. The van der Waals surface area contributed by atoms with E-state index in [0.29, 0.717) is 42.3 Å². The number of carbonyl (C=O) groups excluding carboxylic acids is 1. The van der Waals surface area contributed by atoms with Crippen LogP contribution in [0.2, 0.25) is 0 Å². The van der Waals surface area contributed by atoms with Crippen molar-refractivity contribution < 1.29 is 27.6 Å². The molecule has 3 aliphatic rings. The van der Waals surface area contributed by atoms with Crippen molar-refractivity contribution in [2.24, 2.45) is 11.8 Å². The second-order valence-corrected chi connectivity index (χ2v) is 8.88. The molecule has 1 aliphatic heterocycles. The first kappa shape index (κ1) is 20.9. The number of pyridine rings is 1. The summed E-state index contributed by atoms with van der Waals surface area (Å²) in [7, 11) is 0. The fraction of sp³-hybridized carbons (Fsp3) is 0.619. The van der Waals surface area contributed by atoms with Gasteiger partial charge in [0, 0.05) is 13.0 Å². The second-order valence-electron chi connectivity index (χ2n) is 8.88. The summed E-state index contributed by atoms with van der Waals surface area (Å²) in [4.78, 5) is 22.6. The van der Waals surface area contributed by atoms with Crippen molar-refractivity contribution in [3.05, 3.63) is 23.8 Å². The average molecular weight is 449 g/mol. The van der Waals surface area contributed by atoms with Gasteiger partial charge in [0.1, 0.15) is 5.69 Å². The lowest BCUT2D eigenvalue weighted by molar-refractivity contribution is -0.0265. The van der Waals surface area contributed by atoms with Gasteiger partial charge in [-0.15, -0.1) is 0 Å². The highest BCUT2D eigenvalue weighted by Gasteiger charge is 2.45. The van der Waals surface area contributed by atoms with Crippen LogP contribution in [0.5, 0.6) is 11.8 Å². The standard InChI is InChI=1S/C21H25F2N5O4/c1-12-24-18(27-32-12)15(8-13-2-3-13)25-20(29)31-17-7-6-16(28-10-21(22,23)11-28)19(26-17)30-9-14-4-5-14/h6-7,13-15H,2-5,8-11H2,1H3,(H,25,29)/t15-/m0/s1. The first-order valence-electron chi connectivity index (χ1n) is 10.9. The third-order valence-electron chi connectivity index (χ3n) is 5.76. The number of carbonyl (C=O) groups is 1. The summed E-state index contributed by atoms with van der Waals surface area (Å²) in [6.45, 7) is 1.37. The molecular weight excluding hydrogens is 424 g/mol. The second kappa shape index (κ2) is 8.18. The first-order chi connectivity index (χ1) is 15.3. The van der Waals surface area contributed by atoms with E-state index in [1.54, 1.807) is 13.0 Å². The molecule has 2 aliphatic carbocycles. The average Bonchev–Trinajstić information content (AvgIpc) is 3.65. The Kier molecular flexibility index (Phi) is 5.34. The van der Waals surface area contributed by atoms with Gasteiger partial charge in [-0.3, -0.25) is 0 Å². The van der Waals surface area contributed by atoms with Gasteiger partial charge < -0.3 is 24.2 Å². The highest BCUT2D eigenvalue weighted by molar-refractivity contribution is 5.71. The van der Waals surface area contributed by atoms with E-state index in [2.05, 4.69) is 20.4 Å². The van der Waals surface area contributed by atoms with Gasteiger partial charge in [-0.05, 0) is 37.2 Å². The van der Waals surface area contributed by atoms with Crippen LogP contribution in [0.15, 0.2) is 16.7 Å². The molecule has 2 aromatic rings. The van der Waals surface area contributed by atoms with Crippen molar-refractivity contribution in [2.45, 2.75) is 51.0 Å². The number of alkyl halides is 2. The van der Waals surface area contributed by atoms with Crippen LogP contribution >= 0.6 is 0 Å². The summed E-state index contributed by atoms with van der Waals surface area (Å²) in [5.41, 5.74) is 0.471. The zero-order valence-electron chi connectivity index (χ0n) is 17.7. The van der Waals surface area contributed by atoms with Gasteiger partial charge in [0.25, 0.3) is 5.92 Å². The third-order valence-corrected chi connectivity index (χ3v) is 5.76. The molecule has 0 spiro atoms. The number of anilines is 1. The summed E-state index contributed by atoms with van der Waals surface area (Å²) in [6.07, 6.45) is 4.34. The molecule has 1 N–H and O–H groups in total. The number of aryl methyl sites for hydroxylation is 1. The third kappa shape index (κ3) is 5.08. The van der Waals surface area contributed by atoms with Crippen LogP contribution in [0.1, 0.15) is 49.9 Å². The van der Waals surface area contributed by atoms with Crippen LogP contribution in [0.3, 0.4) is 0 Å². The molecule has 1 saturated heterocycles. The largest absolute Gasteiger partial charge is 0.476 e. The number of hydrogen-bond donors (Lipinski definition) is 1. The fourth-order valence-electron chi connectivity index (χ4n) is 3.62. The van der Waals surface area contributed by atoms with E-state index in [9.17, 15) is 13.6 Å². The summed E-state index contributed by atoms with van der Waals surface area (Å²) >= 11 is 0. The number of rotatable bonds is 9. The molecule has 32 heavy (non-hydrogen) atoms. The maximum atomic E-state index is 13.3. The summed E-state index contributed by atoms with van der Waals surface area (Å²) in [6, 6.07) is 2.64. The molecule has 2 saturated carbocycles. The van der Waals surface area contributed by atoms with Crippen molar-refractivity contribution in [3.63, 3.8) is 0 Å². The van der Waals surface area contributed by atoms with Crippen LogP contribution in [-0.2, 0) is 0 Å². The molecule has 1 atom stereocenters. The van der Waals surface area contributed by atoms with Crippen LogP contribution in [-0.4, -0.2) is 46.8 Å². The van der Waals surface area contributed by atoms with E-state index < -0.39 is 18.1 Å². The summed E-state index contributed by atoms with van der Waals surface area (Å²) in [5.74, 6) is -0.707. The molecule has 3 fully saturated rings. The van der Waals surface area contributed by atoms with Gasteiger partial charge in [-0.25, -0.2) is 13.6 Å². The van der Waals surface area contributed by atoms with Crippen LogP contribution in [0.4, 0.5) is 19.3 Å². The predicted octanol–water partition coefficient (Wildman–Crippen LogP) is 3.65. The molecule has 2 aromatic heterocycles. The SMILES string of the molecule is Cc1nc([C@H](CC2CC2)NC(=O)Oc2ccc(N3CC(F)(F)C3)c(OCC3CC3)n2)no1. The van der Waals surface area contributed by atoms with Crippen molar-refractivity contribution in [1.82, 2.24) is 20.4 Å². The van der Waals surface area contributed by atoms with Crippen LogP contribution in [0, 0.1) is 18.8 Å². The number of nitrogens with one attached hydrogen (secondary N) is 1. The Hall–Kier alpha value is -2.98. The minimum Gasteiger partial charge on any atom is -0.476 e. The van der Waals surface area contributed by atoms with Gasteiger partial charge >= 0.3 is 6.09 Å². The molecule has 172 valence electrons. The predicted molar refractivity (Wildman–Crippen MR) is 108 cm³/mol. The van der Waals surface area contributed by atoms with E-state index >= 15 is 0 Å². The smallest absolute Gasteiger partial charge is 0.414 e. The van der Waals surface area contributed by atoms with Gasteiger partial charge in [-0.1, -0.05) is 18.0 Å². The molecular formula is C21H25F2N5O4.